The summed E-state index contributed by atoms with van der Waals surface area (Å²) in [4.78, 5) is 91.4. The fourth-order valence-electron chi connectivity index (χ4n) is 10.1. The predicted molar refractivity (Wildman–Crippen MR) is 243 cm³/mol. The number of imide groups is 2. The van der Waals surface area contributed by atoms with E-state index < -0.39 is 29.7 Å². The van der Waals surface area contributed by atoms with Crippen LogP contribution in [0.3, 0.4) is 0 Å². The molecule has 1 atom stereocenters. The average Bonchev–Trinajstić information content (AvgIpc) is 3.53. The van der Waals surface area contributed by atoms with Crippen molar-refractivity contribution in [1.29, 1.82) is 0 Å². The molecule has 0 radical (unpaired) electrons. The number of likely N-dealkylation sites (N-methyl/N-ethyl adjacent to an activating group) is 1. The molecule has 17 nitrogen and oxygen atoms in total. The van der Waals surface area contributed by atoms with E-state index in [2.05, 4.69) is 30.7 Å². The molecule has 4 aromatic rings. The third kappa shape index (κ3) is 8.68. The minimum absolute atomic E-state index is 0.0874. The van der Waals surface area contributed by atoms with Gasteiger partial charge < -0.3 is 34.5 Å². The van der Waals surface area contributed by atoms with Gasteiger partial charge in [-0.25, -0.2) is 4.98 Å². The summed E-state index contributed by atoms with van der Waals surface area (Å²) in [5.74, 6) is -0.870. The third-order valence-electron chi connectivity index (χ3n) is 13.7. The summed E-state index contributed by atoms with van der Waals surface area (Å²) in [6.45, 7) is 8.85. The van der Waals surface area contributed by atoms with Gasteiger partial charge >= 0.3 is 0 Å². The van der Waals surface area contributed by atoms with E-state index in [0.717, 1.165) is 91.6 Å². The number of nitrogens with one attached hydrogen (secondary N) is 3. The Morgan fingerprint density at radius 3 is 2.40 bits per heavy atom. The number of pyridine rings is 1. The monoisotopic (exact) mass is 907 g/mol. The number of anilines is 3. The lowest BCUT2D eigenvalue weighted by molar-refractivity contribution is -0.136. The molecule has 6 heterocycles. The van der Waals surface area contributed by atoms with Crippen molar-refractivity contribution >= 4 is 69.5 Å². The third-order valence-corrected chi connectivity index (χ3v) is 14.0. The molecule has 1 saturated carbocycles. The number of amides is 5. The fraction of sp³-hybridized carbons (Fsp3) is 0.489. The molecule has 3 N–H and O–H groups in total. The molecule has 18 heteroatoms. The maximum Gasteiger partial charge on any atom is 0.293 e. The van der Waals surface area contributed by atoms with Crippen molar-refractivity contribution in [1.82, 2.24) is 35.0 Å². The van der Waals surface area contributed by atoms with Crippen LogP contribution in [0.25, 0.3) is 10.9 Å². The van der Waals surface area contributed by atoms with E-state index in [0.29, 0.717) is 39.6 Å². The standard InChI is InChI=1S/C47H54ClN9O8/c1-25(2)56-36-8-5-29(19-28(36)20-38(45(56)62)64-24-40(59)49-4)51-42-35(48)23-50-47(53-42)55-17-13-31(14-18-55)65-32-21-30(22-32)54-15-11-27(12-16-54)33-6-7-34-41(26(33)3)46(63)57(44(34)61)37-9-10-39(58)52-43(37)60/h5-8,19-20,23,25,27,30-32,37H,9-18,21-22,24H2,1-4H3,(H,49,59)(H,50,51,53)(H,52,58,60)/t30-,32-,37?. The summed E-state index contributed by atoms with van der Waals surface area (Å²) in [5, 5.41) is 9.21. The number of hydrogen-bond acceptors (Lipinski definition) is 13. The molecule has 65 heavy (non-hydrogen) atoms. The molecule has 1 unspecified atom stereocenters. The van der Waals surface area contributed by atoms with Crippen molar-refractivity contribution in [2.24, 2.45) is 0 Å². The Hall–Kier alpha value is -5.91. The zero-order chi connectivity index (χ0) is 45.7. The second kappa shape index (κ2) is 18.2. The van der Waals surface area contributed by atoms with Gasteiger partial charge in [-0.15, -0.1) is 0 Å². The highest BCUT2D eigenvalue weighted by molar-refractivity contribution is 6.33. The van der Waals surface area contributed by atoms with E-state index in [1.807, 2.05) is 45.0 Å². The summed E-state index contributed by atoms with van der Waals surface area (Å²) in [7, 11) is 1.51. The van der Waals surface area contributed by atoms with Gasteiger partial charge in [-0.2, -0.15) is 4.98 Å². The first-order valence-electron chi connectivity index (χ1n) is 22.6. The number of rotatable bonds is 12. The highest BCUT2D eigenvalue weighted by Gasteiger charge is 2.46. The van der Waals surface area contributed by atoms with Crippen molar-refractivity contribution < 1.29 is 33.4 Å². The number of nitrogens with zero attached hydrogens (tertiary/aromatic N) is 6. The second-order valence-electron chi connectivity index (χ2n) is 18.0. The summed E-state index contributed by atoms with van der Waals surface area (Å²) in [5.41, 5.74) is 3.73. The first kappa shape index (κ1) is 44.3. The minimum atomic E-state index is -0.975. The van der Waals surface area contributed by atoms with Crippen LogP contribution in [0.4, 0.5) is 17.5 Å². The van der Waals surface area contributed by atoms with Crippen LogP contribution >= 0.6 is 11.6 Å². The maximum atomic E-state index is 13.6. The Morgan fingerprint density at radius 2 is 1.69 bits per heavy atom. The predicted octanol–water partition coefficient (Wildman–Crippen LogP) is 5.00. The lowest BCUT2D eigenvalue weighted by Crippen LogP contribution is -2.54. The van der Waals surface area contributed by atoms with Gasteiger partial charge in [0.1, 0.15) is 11.1 Å². The second-order valence-corrected chi connectivity index (χ2v) is 18.4. The maximum absolute atomic E-state index is 13.6. The number of fused-ring (bicyclic) bond motifs is 2. The quantitative estimate of drug-likeness (QED) is 0.161. The minimum Gasteiger partial charge on any atom is -0.478 e. The molecule has 2 aromatic carbocycles. The highest BCUT2D eigenvalue weighted by Crippen LogP contribution is 2.40. The van der Waals surface area contributed by atoms with Crippen LogP contribution in [0, 0.1) is 6.92 Å². The lowest BCUT2D eigenvalue weighted by atomic mass is 9.81. The number of benzene rings is 2. The van der Waals surface area contributed by atoms with Gasteiger partial charge in [0.05, 0.1) is 35.0 Å². The molecule has 342 valence electrons. The van der Waals surface area contributed by atoms with Gasteiger partial charge in [-0.1, -0.05) is 17.7 Å². The molecule has 9 rings (SSSR count). The van der Waals surface area contributed by atoms with E-state index in [1.54, 1.807) is 22.9 Å². The lowest BCUT2D eigenvalue weighted by Gasteiger charge is -2.47. The van der Waals surface area contributed by atoms with Crippen molar-refractivity contribution in [3.8, 4) is 5.75 Å². The molecule has 4 fully saturated rings. The number of carbonyl (C=O) groups excluding carboxylic acids is 5. The number of likely N-dealkylation sites (tertiary alicyclic amines) is 1. The molecule has 5 amide bonds. The Balaban J connectivity index is 0.752. The Labute approximate surface area is 381 Å². The fourth-order valence-corrected chi connectivity index (χ4v) is 10.3. The van der Waals surface area contributed by atoms with E-state index >= 15 is 0 Å². The van der Waals surface area contributed by atoms with Gasteiger partial charge in [0.25, 0.3) is 23.3 Å². The van der Waals surface area contributed by atoms with Gasteiger partial charge in [-0.3, -0.25) is 39.0 Å². The number of carbonyl (C=O) groups is 5. The summed E-state index contributed by atoms with van der Waals surface area (Å²) < 4.78 is 13.9. The van der Waals surface area contributed by atoms with E-state index in [4.69, 9.17) is 26.1 Å². The van der Waals surface area contributed by atoms with Gasteiger partial charge in [0.15, 0.2) is 18.2 Å². The first-order valence-corrected chi connectivity index (χ1v) is 23.0. The molecule has 5 aliphatic rings. The van der Waals surface area contributed by atoms with Crippen molar-refractivity contribution in [2.45, 2.75) is 108 Å². The van der Waals surface area contributed by atoms with E-state index in [9.17, 15) is 28.8 Å². The van der Waals surface area contributed by atoms with Crippen molar-refractivity contribution in [3.63, 3.8) is 0 Å². The number of piperidine rings is 3. The Bertz CT molecular complexity index is 2630. The van der Waals surface area contributed by atoms with Gasteiger partial charge in [-0.05, 0) is 126 Å². The molecule has 0 spiro atoms. The van der Waals surface area contributed by atoms with Crippen LogP contribution < -0.4 is 31.1 Å². The number of aromatic nitrogens is 3. The zero-order valence-electron chi connectivity index (χ0n) is 37.0. The number of hydrogen-bond donors (Lipinski definition) is 3. The highest BCUT2D eigenvalue weighted by atomic mass is 35.5. The van der Waals surface area contributed by atoms with E-state index in [-0.39, 0.29) is 60.8 Å². The number of halogens is 1. The van der Waals surface area contributed by atoms with Crippen molar-refractivity contribution in [2.75, 3.05) is 50.1 Å². The Morgan fingerprint density at radius 1 is 0.938 bits per heavy atom. The van der Waals surface area contributed by atoms with Crippen LogP contribution in [-0.2, 0) is 19.1 Å². The van der Waals surface area contributed by atoms with Crippen LogP contribution in [-0.4, -0.2) is 118 Å². The van der Waals surface area contributed by atoms with Crippen LogP contribution in [0.15, 0.2) is 47.4 Å². The molecule has 4 aliphatic heterocycles. The Kier molecular flexibility index (Phi) is 12.4. The smallest absolute Gasteiger partial charge is 0.293 e. The average molecular weight is 908 g/mol. The normalized spacial score (nSPS) is 22.0. The SMILES string of the molecule is CNC(=O)COc1cc2cc(Nc3nc(N4CCC(O[C@H]5C[C@H](N6CCC(c7ccc8c(c7C)C(=O)N(C7CCC(=O)NC7=O)C8=O)CC6)C5)CC4)ncc3Cl)ccc2n(C(C)C)c1=O. The molecule has 2 aromatic heterocycles. The molecule has 0 bridgehead atoms. The molecular weight excluding hydrogens is 854 g/mol. The first-order chi connectivity index (χ1) is 31.3. The summed E-state index contributed by atoms with van der Waals surface area (Å²) in [6.07, 6.45) is 7.81. The summed E-state index contributed by atoms with van der Waals surface area (Å²) >= 11 is 6.60. The van der Waals surface area contributed by atoms with Crippen LogP contribution in [0.2, 0.25) is 5.02 Å². The summed E-state index contributed by atoms with van der Waals surface area (Å²) in [6, 6.07) is 10.3. The van der Waals surface area contributed by atoms with Gasteiger partial charge in [0.2, 0.25) is 17.8 Å². The molecule has 3 saturated heterocycles. The van der Waals surface area contributed by atoms with Crippen LogP contribution in [0.1, 0.15) is 109 Å². The largest absolute Gasteiger partial charge is 0.478 e. The van der Waals surface area contributed by atoms with E-state index in [1.165, 1.54) is 7.05 Å². The molecule has 1 aliphatic carbocycles. The number of ether oxygens (including phenoxy) is 2. The topological polar surface area (TPSA) is 197 Å². The van der Waals surface area contributed by atoms with Crippen molar-refractivity contribution in [3.05, 3.63) is 80.2 Å². The van der Waals surface area contributed by atoms with Gasteiger partial charge in [0, 0.05) is 49.7 Å². The van der Waals surface area contributed by atoms with Crippen LogP contribution in [0.5, 0.6) is 5.75 Å². The molecular formula is C47H54ClN9O8. The zero-order valence-corrected chi connectivity index (χ0v) is 37.8.